The lowest BCUT2D eigenvalue weighted by Crippen LogP contribution is -2.75. The van der Waals surface area contributed by atoms with Gasteiger partial charge >= 0.3 is 47.0 Å². The quantitative estimate of drug-likeness (QED) is 0.127. The van der Waals surface area contributed by atoms with Gasteiger partial charge in [0, 0.05) is 6.42 Å². The monoisotopic (exact) mass is 674 g/mol. The second-order valence-corrected chi connectivity index (χ2v) is 11.6. The molecule has 0 spiro atoms. The van der Waals surface area contributed by atoms with Crippen LogP contribution >= 0.6 is 0 Å². The highest BCUT2D eigenvalue weighted by Crippen LogP contribution is 2.64. The van der Waals surface area contributed by atoms with E-state index in [0.717, 1.165) is 18.6 Å². The Bertz CT molecular complexity index is 957. The average molecular weight is 674 g/mol. The number of hydrogen-bond acceptors (Lipinski definition) is 4. The van der Waals surface area contributed by atoms with E-state index in [9.17, 15) is 92.4 Å². The van der Waals surface area contributed by atoms with E-state index in [1.165, 1.54) is 11.5 Å². The number of ketones is 1. The molecule has 0 atom stereocenters. The highest BCUT2D eigenvalue weighted by Gasteiger charge is 2.95. The lowest BCUT2D eigenvalue weighted by atomic mass is 9.91. The summed E-state index contributed by atoms with van der Waals surface area (Å²) < 4.78 is 244. The van der Waals surface area contributed by atoms with Gasteiger partial charge in [-0.15, -0.1) is 0 Å². The molecule has 0 saturated carbocycles. The van der Waals surface area contributed by atoms with E-state index in [-0.39, 0.29) is 0 Å². The fourth-order valence-corrected chi connectivity index (χ4v) is 4.15. The number of rotatable bonds is 13. The standard InChI is InChI=1S/C9H19OS.C8HF17O3S/c1-4-7-9(10)8-11(5-2)6-3;9-1(10,3(13,14)5(17,18)7(21,22)23)2(11,12)4(15,16)6(19,20)8(24,25)29(26,27)28/h4-8H2,1-3H3;(H,26,27,28)/q+1;/p-1. The van der Waals surface area contributed by atoms with Crippen molar-refractivity contribution in [2.75, 3.05) is 17.3 Å². The first-order valence-electron chi connectivity index (χ1n) is 10.1. The summed E-state index contributed by atoms with van der Waals surface area (Å²) in [5, 5.41) is -7.95. The Morgan fingerprint density at radius 3 is 1.15 bits per heavy atom. The molecule has 0 amide bonds. The van der Waals surface area contributed by atoms with Crippen molar-refractivity contribution in [2.45, 2.75) is 80.6 Å². The van der Waals surface area contributed by atoms with Crippen molar-refractivity contribution in [3.8, 4) is 0 Å². The normalized spacial score (nSPS) is 15.2. The van der Waals surface area contributed by atoms with Crippen molar-refractivity contribution in [2.24, 2.45) is 0 Å². The Morgan fingerprint density at radius 1 is 0.600 bits per heavy atom. The smallest absolute Gasteiger partial charge is 0.460 e. The Hall–Kier alpha value is -1.26. The van der Waals surface area contributed by atoms with Crippen molar-refractivity contribution in [3.63, 3.8) is 0 Å². The highest BCUT2D eigenvalue weighted by atomic mass is 32.2. The molecular weight excluding hydrogens is 655 g/mol. The molecule has 0 aromatic carbocycles. The minimum atomic E-state index is -8.92. The fraction of sp³-hybridized carbons (Fsp3) is 0.941. The Morgan fingerprint density at radius 2 is 0.900 bits per heavy atom. The summed E-state index contributed by atoms with van der Waals surface area (Å²) in [5.41, 5.74) is 0. The van der Waals surface area contributed by atoms with Crippen LogP contribution in [-0.4, -0.2) is 83.0 Å². The van der Waals surface area contributed by atoms with E-state index >= 15 is 0 Å². The predicted octanol–water partition coefficient (Wildman–Crippen LogP) is 6.51. The zero-order valence-corrected chi connectivity index (χ0v) is 21.5. The van der Waals surface area contributed by atoms with Gasteiger partial charge in [0.25, 0.3) is 0 Å². The minimum Gasteiger partial charge on any atom is -0.743 e. The van der Waals surface area contributed by atoms with Crippen molar-refractivity contribution in [3.05, 3.63) is 0 Å². The molecule has 0 aliphatic heterocycles. The molecule has 0 aromatic heterocycles. The van der Waals surface area contributed by atoms with Crippen LogP contribution in [0, 0.1) is 0 Å². The summed E-state index contributed by atoms with van der Waals surface area (Å²) in [6.07, 6.45) is -6.11. The van der Waals surface area contributed by atoms with Crippen LogP contribution in [0.2, 0.25) is 0 Å². The van der Waals surface area contributed by atoms with Crippen LogP contribution in [0.5, 0.6) is 0 Å². The van der Waals surface area contributed by atoms with Gasteiger partial charge in [0.1, 0.15) is 11.5 Å². The lowest BCUT2D eigenvalue weighted by molar-refractivity contribution is -0.458. The Kier molecular flexibility index (Phi) is 12.8. The third kappa shape index (κ3) is 7.02. The van der Waals surface area contributed by atoms with Gasteiger partial charge in [-0.3, -0.25) is 4.79 Å². The van der Waals surface area contributed by atoms with Gasteiger partial charge in [-0.2, -0.15) is 74.6 Å². The van der Waals surface area contributed by atoms with E-state index in [1.54, 1.807) is 0 Å². The number of halogens is 17. The second-order valence-electron chi connectivity index (χ2n) is 7.54. The molecule has 4 nitrogen and oxygen atoms in total. The van der Waals surface area contributed by atoms with Crippen LogP contribution in [0.3, 0.4) is 0 Å². The molecule has 40 heavy (non-hydrogen) atoms. The van der Waals surface area contributed by atoms with Crippen molar-refractivity contribution in [1.29, 1.82) is 0 Å². The van der Waals surface area contributed by atoms with Crippen molar-refractivity contribution < 1.29 is 92.4 Å². The summed E-state index contributed by atoms with van der Waals surface area (Å²) >= 11 is 0. The molecule has 0 aliphatic rings. The molecule has 0 unspecified atom stereocenters. The molecule has 0 fully saturated rings. The third-order valence-corrected chi connectivity index (χ3v) is 7.97. The first-order valence-corrected chi connectivity index (χ1v) is 13.2. The molecule has 0 bridgehead atoms. The first-order chi connectivity index (χ1) is 17.2. The summed E-state index contributed by atoms with van der Waals surface area (Å²) in [4.78, 5) is 11.2. The van der Waals surface area contributed by atoms with E-state index in [1.807, 2.05) is 0 Å². The van der Waals surface area contributed by atoms with Gasteiger partial charge in [0.15, 0.2) is 21.7 Å². The van der Waals surface area contributed by atoms with Crippen LogP contribution in [0.4, 0.5) is 74.6 Å². The first kappa shape index (κ1) is 40.9. The van der Waals surface area contributed by atoms with Gasteiger partial charge in [-0.25, -0.2) is 8.42 Å². The highest BCUT2D eigenvalue weighted by molar-refractivity contribution is 7.97. The van der Waals surface area contributed by atoms with E-state index in [0.29, 0.717) is 16.7 Å². The minimum absolute atomic E-state index is 0.380. The maximum absolute atomic E-state index is 13.0. The maximum Gasteiger partial charge on any atom is 0.460 e. The topological polar surface area (TPSA) is 74.3 Å². The summed E-state index contributed by atoms with van der Waals surface area (Å²) in [7, 11) is -7.76. The number of carbonyl (C=O) groups is 1. The van der Waals surface area contributed by atoms with Gasteiger partial charge in [-0.1, -0.05) is 6.92 Å². The summed E-state index contributed by atoms with van der Waals surface area (Å²) in [6, 6.07) is 0. The van der Waals surface area contributed by atoms with Crippen LogP contribution in [0.25, 0.3) is 0 Å². The number of carbonyl (C=O) groups excluding carboxylic acids is 1. The molecule has 0 aliphatic carbocycles. The summed E-state index contributed by atoms with van der Waals surface area (Å²) in [6.45, 7) is 6.41. The summed E-state index contributed by atoms with van der Waals surface area (Å²) in [5.74, 6) is -48.5. The SMILES string of the molecule is CCCC(=O)C[S+](CC)CC.O=S(=O)([O-])C(F)(F)C(F)(F)C(F)(F)C(F)(F)C(F)(F)C(F)(F)C(F)(F)C(F)(F)F. The van der Waals surface area contributed by atoms with Crippen LogP contribution in [-0.2, 0) is 25.8 Å². The molecule has 0 aromatic rings. The molecule has 23 heteroatoms. The number of alkyl halides is 17. The van der Waals surface area contributed by atoms with Crippen LogP contribution in [0.1, 0.15) is 33.6 Å². The molecule has 0 N–H and O–H groups in total. The van der Waals surface area contributed by atoms with Gasteiger partial charge in [0.05, 0.1) is 0 Å². The number of hydrogen-bond donors (Lipinski definition) is 0. The zero-order chi connectivity index (χ0) is 33.2. The average Bonchev–Trinajstić information content (AvgIpc) is 2.75. The maximum atomic E-state index is 13.0. The molecule has 242 valence electrons. The van der Waals surface area contributed by atoms with E-state index in [2.05, 4.69) is 20.8 Å². The van der Waals surface area contributed by atoms with Crippen LogP contribution < -0.4 is 0 Å². The van der Waals surface area contributed by atoms with Gasteiger partial charge < -0.3 is 4.55 Å². The Labute approximate surface area is 217 Å². The van der Waals surface area contributed by atoms with E-state index < -0.39 is 57.1 Å². The second kappa shape index (κ2) is 12.5. The van der Waals surface area contributed by atoms with Crippen molar-refractivity contribution >= 4 is 26.8 Å². The third-order valence-electron chi connectivity index (χ3n) is 4.72. The fourth-order valence-electron chi connectivity index (χ4n) is 2.29. The largest absolute Gasteiger partial charge is 0.743 e. The van der Waals surface area contributed by atoms with Crippen molar-refractivity contribution in [1.82, 2.24) is 0 Å². The molecule has 0 heterocycles. The molecule has 0 saturated heterocycles. The van der Waals surface area contributed by atoms with Crippen LogP contribution in [0.15, 0.2) is 0 Å². The van der Waals surface area contributed by atoms with Gasteiger partial charge in [-0.05, 0) is 31.2 Å². The molecule has 0 rings (SSSR count). The van der Waals surface area contributed by atoms with Gasteiger partial charge in [0.2, 0.25) is 0 Å². The predicted molar refractivity (Wildman–Crippen MR) is 104 cm³/mol. The lowest BCUT2D eigenvalue weighted by Gasteiger charge is -2.42. The number of Topliss-reactive ketones (excluding diaryl/α,β-unsaturated/α-hetero) is 1. The van der Waals surface area contributed by atoms with E-state index in [4.69, 9.17) is 0 Å². The molecule has 0 radical (unpaired) electrons. The Balaban J connectivity index is 0. The molecular formula is C17H19F17O4S2. The zero-order valence-electron chi connectivity index (χ0n) is 19.9.